The van der Waals surface area contributed by atoms with E-state index in [1.165, 1.54) is 0 Å². The highest BCUT2D eigenvalue weighted by Gasteiger charge is 2.15. The number of aryl methyl sites for hydroxylation is 1. The Hall–Kier alpha value is -1.35. The highest BCUT2D eigenvalue weighted by Crippen LogP contribution is 2.19. The Morgan fingerprint density at radius 3 is 2.62 bits per heavy atom. The van der Waals surface area contributed by atoms with Crippen LogP contribution >= 0.6 is 15.9 Å². The summed E-state index contributed by atoms with van der Waals surface area (Å²) in [6.45, 7) is 2.03. The van der Waals surface area contributed by atoms with E-state index in [0.717, 1.165) is 12.0 Å². The fourth-order valence-corrected chi connectivity index (χ4v) is 1.93. The van der Waals surface area contributed by atoms with Gasteiger partial charge in [-0.3, -0.25) is 4.79 Å². The van der Waals surface area contributed by atoms with Gasteiger partial charge in [0.2, 0.25) is 5.78 Å². The average molecular weight is 279 g/mol. The van der Waals surface area contributed by atoms with Crippen LogP contribution < -0.4 is 0 Å². The van der Waals surface area contributed by atoms with Crippen molar-refractivity contribution in [1.82, 2.24) is 0 Å². The number of carbonyl (C=O) groups is 1. The van der Waals surface area contributed by atoms with Crippen molar-refractivity contribution in [2.45, 2.75) is 13.3 Å². The molecule has 2 nitrogen and oxygen atoms in total. The van der Waals surface area contributed by atoms with Crippen LogP contribution in [0.4, 0.5) is 0 Å². The minimum atomic E-state index is -0.0665. The second kappa shape index (κ2) is 4.66. The van der Waals surface area contributed by atoms with Gasteiger partial charge in [-0.2, -0.15) is 0 Å². The van der Waals surface area contributed by atoms with Gasteiger partial charge >= 0.3 is 0 Å². The summed E-state index contributed by atoms with van der Waals surface area (Å²) in [5.41, 5.74) is 1.76. The molecule has 0 bridgehead atoms. The van der Waals surface area contributed by atoms with Gasteiger partial charge < -0.3 is 4.42 Å². The molecule has 3 heteroatoms. The number of furan rings is 1. The second-order valence-corrected chi connectivity index (χ2v) is 4.23. The zero-order valence-corrected chi connectivity index (χ0v) is 10.5. The SMILES string of the molecule is CCc1ccccc1C(=O)c1ccc(Br)o1. The van der Waals surface area contributed by atoms with Gasteiger partial charge in [-0.1, -0.05) is 31.2 Å². The number of benzene rings is 1. The summed E-state index contributed by atoms with van der Waals surface area (Å²) >= 11 is 3.19. The largest absolute Gasteiger partial charge is 0.446 e. The minimum Gasteiger partial charge on any atom is -0.446 e. The van der Waals surface area contributed by atoms with Crippen molar-refractivity contribution in [2.75, 3.05) is 0 Å². The first kappa shape index (κ1) is 11.1. The molecule has 0 amide bonds. The molecule has 0 saturated heterocycles. The lowest BCUT2D eigenvalue weighted by atomic mass is 10.0. The summed E-state index contributed by atoms with van der Waals surface area (Å²) < 4.78 is 5.84. The molecule has 1 aromatic heterocycles. The van der Waals surface area contributed by atoms with Gasteiger partial charge in [0.15, 0.2) is 10.4 Å². The number of halogens is 1. The average Bonchev–Trinajstić information content (AvgIpc) is 2.75. The van der Waals surface area contributed by atoms with Crippen LogP contribution in [-0.4, -0.2) is 5.78 Å². The van der Waals surface area contributed by atoms with Gasteiger partial charge in [0, 0.05) is 5.56 Å². The van der Waals surface area contributed by atoms with Crippen LogP contribution in [0.15, 0.2) is 45.5 Å². The maximum atomic E-state index is 12.1. The van der Waals surface area contributed by atoms with Crippen LogP contribution in [0.3, 0.4) is 0 Å². The smallest absolute Gasteiger partial charge is 0.228 e. The Morgan fingerprint density at radius 1 is 1.25 bits per heavy atom. The van der Waals surface area contributed by atoms with E-state index in [1.807, 2.05) is 31.2 Å². The molecule has 0 saturated carbocycles. The van der Waals surface area contributed by atoms with Crippen LogP contribution in [0.2, 0.25) is 0 Å². The van der Waals surface area contributed by atoms with Crippen LogP contribution in [0, 0.1) is 0 Å². The third-order valence-electron chi connectivity index (χ3n) is 2.44. The molecule has 0 unspecified atom stereocenters. The molecule has 0 aliphatic heterocycles. The monoisotopic (exact) mass is 278 g/mol. The first-order valence-electron chi connectivity index (χ1n) is 5.10. The maximum Gasteiger partial charge on any atom is 0.228 e. The Labute approximate surface area is 102 Å². The van der Waals surface area contributed by atoms with Crippen molar-refractivity contribution < 1.29 is 9.21 Å². The van der Waals surface area contributed by atoms with E-state index in [4.69, 9.17) is 4.42 Å². The molecule has 0 radical (unpaired) electrons. The summed E-state index contributed by atoms with van der Waals surface area (Å²) in [4.78, 5) is 12.1. The molecule has 0 fully saturated rings. The highest BCUT2D eigenvalue weighted by molar-refractivity contribution is 9.10. The lowest BCUT2D eigenvalue weighted by Crippen LogP contribution is -2.03. The lowest BCUT2D eigenvalue weighted by molar-refractivity contribution is 0.101. The lowest BCUT2D eigenvalue weighted by Gasteiger charge is -2.04. The Bertz CT molecular complexity index is 514. The third-order valence-corrected chi connectivity index (χ3v) is 2.87. The van der Waals surface area contributed by atoms with Gasteiger partial charge in [0.1, 0.15) is 0 Å². The molecule has 82 valence electrons. The van der Waals surface area contributed by atoms with E-state index in [0.29, 0.717) is 16.0 Å². The van der Waals surface area contributed by atoms with E-state index in [-0.39, 0.29) is 5.78 Å². The molecule has 2 rings (SSSR count). The van der Waals surface area contributed by atoms with Gasteiger partial charge in [-0.15, -0.1) is 0 Å². The third kappa shape index (κ3) is 2.09. The molecule has 0 spiro atoms. The minimum absolute atomic E-state index is 0.0665. The summed E-state index contributed by atoms with van der Waals surface area (Å²) in [7, 11) is 0. The van der Waals surface area contributed by atoms with Crippen LogP contribution in [0.1, 0.15) is 28.6 Å². The molecule has 0 aliphatic rings. The Balaban J connectivity index is 2.41. The predicted octanol–water partition coefficient (Wildman–Crippen LogP) is 3.84. The van der Waals surface area contributed by atoms with E-state index < -0.39 is 0 Å². The van der Waals surface area contributed by atoms with Crippen LogP contribution in [-0.2, 0) is 6.42 Å². The van der Waals surface area contributed by atoms with Crippen molar-refractivity contribution in [3.63, 3.8) is 0 Å². The molecule has 0 atom stereocenters. The van der Waals surface area contributed by atoms with Crippen molar-refractivity contribution in [2.24, 2.45) is 0 Å². The number of carbonyl (C=O) groups excluding carboxylic acids is 1. The summed E-state index contributed by atoms with van der Waals surface area (Å²) in [6, 6.07) is 11.0. The number of rotatable bonds is 3. The summed E-state index contributed by atoms with van der Waals surface area (Å²) in [5.74, 6) is 0.302. The standard InChI is InChI=1S/C13H11BrO2/c1-2-9-5-3-4-6-10(9)13(15)11-7-8-12(14)16-11/h3-8H,2H2,1H3. The van der Waals surface area contributed by atoms with Gasteiger partial charge in [-0.05, 0) is 40.0 Å². The molecule has 16 heavy (non-hydrogen) atoms. The van der Waals surface area contributed by atoms with E-state index >= 15 is 0 Å². The van der Waals surface area contributed by atoms with Crippen molar-refractivity contribution in [1.29, 1.82) is 0 Å². The summed E-state index contributed by atoms with van der Waals surface area (Å²) in [5, 5.41) is 0. The van der Waals surface area contributed by atoms with Gasteiger partial charge in [-0.25, -0.2) is 0 Å². The first-order valence-corrected chi connectivity index (χ1v) is 5.89. The maximum absolute atomic E-state index is 12.1. The number of ketones is 1. The van der Waals surface area contributed by atoms with Crippen molar-refractivity contribution in [3.05, 3.63) is 58.0 Å². The topological polar surface area (TPSA) is 30.2 Å². The second-order valence-electron chi connectivity index (χ2n) is 3.44. The van der Waals surface area contributed by atoms with Crippen molar-refractivity contribution >= 4 is 21.7 Å². The molecular formula is C13H11BrO2. The zero-order valence-electron chi connectivity index (χ0n) is 8.87. The number of hydrogen-bond donors (Lipinski definition) is 0. The van der Waals surface area contributed by atoms with Crippen LogP contribution in [0.5, 0.6) is 0 Å². The highest BCUT2D eigenvalue weighted by atomic mass is 79.9. The predicted molar refractivity (Wildman–Crippen MR) is 65.7 cm³/mol. The van der Waals surface area contributed by atoms with Crippen LogP contribution in [0.25, 0.3) is 0 Å². The Morgan fingerprint density at radius 2 is 2.00 bits per heavy atom. The first-order chi connectivity index (χ1) is 7.72. The molecule has 0 N–H and O–H groups in total. The molecule has 1 heterocycles. The quantitative estimate of drug-likeness (QED) is 0.799. The Kier molecular flexibility index (Phi) is 3.25. The molecule has 1 aromatic carbocycles. The molecule has 2 aromatic rings. The zero-order chi connectivity index (χ0) is 11.5. The van der Waals surface area contributed by atoms with E-state index in [1.54, 1.807) is 12.1 Å². The molecule has 0 aliphatic carbocycles. The van der Waals surface area contributed by atoms with Crippen molar-refractivity contribution in [3.8, 4) is 0 Å². The fourth-order valence-electron chi connectivity index (χ4n) is 1.62. The summed E-state index contributed by atoms with van der Waals surface area (Å²) in [6.07, 6.45) is 0.837. The number of hydrogen-bond acceptors (Lipinski definition) is 2. The molecular weight excluding hydrogens is 268 g/mol. The van der Waals surface area contributed by atoms with Gasteiger partial charge in [0.25, 0.3) is 0 Å². The van der Waals surface area contributed by atoms with E-state index in [9.17, 15) is 4.79 Å². The van der Waals surface area contributed by atoms with Gasteiger partial charge in [0.05, 0.1) is 0 Å². The normalized spacial score (nSPS) is 10.4. The van der Waals surface area contributed by atoms with E-state index in [2.05, 4.69) is 15.9 Å². The fraction of sp³-hybridized carbons (Fsp3) is 0.154.